The smallest absolute Gasteiger partial charge is 0.387 e. The Kier molecular flexibility index (Phi) is 5.94. The summed E-state index contributed by atoms with van der Waals surface area (Å²) in [5.41, 5.74) is 1.09. The van der Waals surface area contributed by atoms with Gasteiger partial charge in [-0.25, -0.2) is 0 Å². The number of hydrogen-bond donors (Lipinski definition) is 1. The standard InChI is InChI=1S/C16H24F2N2O/c1-12(19-11-13-7-9-20(2)10-8-13)14-3-5-15(6-4-14)21-16(17)18/h3-6,12-13,16,19H,7-11H2,1-2H3. The van der Waals surface area contributed by atoms with Gasteiger partial charge in [0.05, 0.1) is 0 Å². The third kappa shape index (κ3) is 5.25. The minimum atomic E-state index is -2.77. The van der Waals surface area contributed by atoms with Crippen molar-refractivity contribution in [1.29, 1.82) is 0 Å². The number of alkyl halides is 2. The molecule has 3 nitrogen and oxygen atoms in total. The van der Waals surface area contributed by atoms with Gasteiger partial charge in [0.2, 0.25) is 0 Å². The summed E-state index contributed by atoms with van der Waals surface area (Å²) in [6.45, 7) is 2.67. The Morgan fingerprint density at radius 3 is 2.43 bits per heavy atom. The third-order valence-electron chi connectivity index (χ3n) is 4.16. The van der Waals surface area contributed by atoms with E-state index in [1.54, 1.807) is 12.1 Å². The third-order valence-corrected chi connectivity index (χ3v) is 4.16. The number of likely N-dealkylation sites (tertiary alicyclic amines) is 1. The minimum Gasteiger partial charge on any atom is -0.435 e. The van der Waals surface area contributed by atoms with E-state index in [4.69, 9.17) is 0 Å². The fourth-order valence-electron chi connectivity index (χ4n) is 2.67. The first-order valence-corrected chi connectivity index (χ1v) is 7.51. The number of benzene rings is 1. The van der Waals surface area contributed by atoms with Crippen LogP contribution < -0.4 is 10.1 Å². The van der Waals surface area contributed by atoms with E-state index in [1.165, 1.54) is 25.9 Å². The highest BCUT2D eigenvalue weighted by molar-refractivity contribution is 5.28. The lowest BCUT2D eigenvalue weighted by Gasteiger charge is -2.30. The van der Waals surface area contributed by atoms with E-state index in [2.05, 4.69) is 28.9 Å². The topological polar surface area (TPSA) is 24.5 Å². The van der Waals surface area contributed by atoms with Crippen molar-refractivity contribution in [3.63, 3.8) is 0 Å². The van der Waals surface area contributed by atoms with Crippen molar-refractivity contribution in [2.75, 3.05) is 26.7 Å². The molecule has 0 amide bonds. The first-order valence-electron chi connectivity index (χ1n) is 7.51. The molecule has 1 N–H and O–H groups in total. The number of ether oxygens (including phenoxy) is 1. The number of piperidine rings is 1. The van der Waals surface area contributed by atoms with Crippen LogP contribution in [0.1, 0.15) is 31.4 Å². The highest BCUT2D eigenvalue weighted by atomic mass is 19.3. The van der Waals surface area contributed by atoms with Gasteiger partial charge in [-0.3, -0.25) is 0 Å². The van der Waals surface area contributed by atoms with Crippen LogP contribution in [-0.4, -0.2) is 38.2 Å². The lowest BCUT2D eigenvalue weighted by Crippen LogP contribution is -2.35. The SMILES string of the molecule is CC(NCC1CCN(C)CC1)c1ccc(OC(F)F)cc1. The maximum atomic E-state index is 12.1. The predicted octanol–water partition coefficient (Wildman–Crippen LogP) is 3.28. The van der Waals surface area contributed by atoms with Crippen molar-refractivity contribution in [1.82, 2.24) is 10.2 Å². The summed E-state index contributed by atoms with van der Waals surface area (Å²) < 4.78 is 28.5. The van der Waals surface area contributed by atoms with Crippen LogP contribution in [-0.2, 0) is 0 Å². The van der Waals surface area contributed by atoms with Crippen LogP contribution in [0.2, 0.25) is 0 Å². The zero-order valence-electron chi connectivity index (χ0n) is 12.7. The van der Waals surface area contributed by atoms with Gasteiger partial charge in [0.15, 0.2) is 0 Å². The molecule has 118 valence electrons. The summed E-state index contributed by atoms with van der Waals surface area (Å²) in [5, 5.41) is 3.54. The molecule has 0 aliphatic carbocycles. The number of rotatable bonds is 6. The van der Waals surface area contributed by atoms with Crippen LogP contribution in [0.25, 0.3) is 0 Å². The molecule has 0 radical (unpaired) electrons. The maximum absolute atomic E-state index is 12.1. The minimum absolute atomic E-state index is 0.205. The zero-order chi connectivity index (χ0) is 15.2. The fourth-order valence-corrected chi connectivity index (χ4v) is 2.67. The normalized spacial score (nSPS) is 18.9. The van der Waals surface area contributed by atoms with E-state index >= 15 is 0 Å². The lowest BCUT2D eigenvalue weighted by atomic mass is 9.96. The predicted molar refractivity (Wildman–Crippen MR) is 79.7 cm³/mol. The monoisotopic (exact) mass is 298 g/mol. The number of nitrogens with zero attached hydrogens (tertiary/aromatic N) is 1. The maximum Gasteiger partial charge on any atom is 0.387 e. The molecule has 1 saturated heterocycles. The Labute approximate surface area is 125 Å². The number of halogens is 2. The summed E-state index contributed by atoms with van der Waals surface area (Å²) in [5.74, 6) is 0.932. The van der Waals surface area contributed by atoms with Gasteiger partial charge in [-0.05, 0) is 70.1 Å². The van der Waals surface area contributed by atoms with Crippen LogP contribution in [0.5, 0.6) is 5.75 Å². The van der Waals surface area contributed by atoms with E-state index in [-0.39, 0.29) is 11.8 Å². The Hall–Kier alpha value is -1.20. The van der Waals surface area contributed by atoms with Crippen molar-refractivity contribution in [2.24, 2.45) is 5.92 Å². The Morgan fingerprint density at radius 1 is 1.24 bits per heavy atom. The number of hydrogen-bond acceptors (Lipinski definition) is 3. The average Bonchev–Trinajstić information content (AvgIpc) is 2.46. The summed E-state index contributed by atoms with van der Waals surface area (Å²) in [6, 6.07) is 7.07. The molecule has 0 saturated carbocycles. The second-order valence-electron chi connectivity index (χ2n) is 5.82. The van der Waals surface area contributed by atoms with Crippen LogP contribution >= 0.6 is 0 Å². The van der Waals surface area contributed by atoms with Gasteiger partial charge in [0, 0.05) is 6.04 Å². The van der Waals surface area contributed by atoms with Crippen LogP contribution in [0, 0.1) is 5.92 Å². The first-order chi connectivity index (χ1) is 10.0. The second-order valence-corrected chi connectivity index (χ2v) is 5.82. The van der Waals surface area contributed by atoms with Crippen molar-refractivity contribution in [3.05, 3.63) is 29.8 Å². The molecule has 1 unspecified atom stereocenters. The molecular weight excluding hydrogens is 274 g/mol. The van der Waals surface area contributed by atoms with Gasteiger partial charge < -0.3 is 15.0 Å². The fraction of sp³-hybridized carbons (Fsp3) is 0.625. The molecule has 1 aromatic carbocycles. The largest absolute Gasteiger partial charge is 0.435 e. The Bertz CT molecular complexity index is 417. The molecule has 1 heterocycles. The quantitative estimate of drug-likeness (QED) is 0.872. The molecule has 0 bridgehead atoms. The molecule has 1 aliphatic heterocycles. The van der Waals surface area contributed by atoms with Crippen LogP contribution in [0.4, 0.5) is 8.78 Å². The van der Waals surface area contributed by atoms with Crippen LogP contribution in [0.3, 0.4) is 0 Å². The van der Waals surface area contributed by atoms with Gasteiger partial charge >= 0.3 is 6.61 Å². The molecule has 1 aromatic rings. The van der Waals surface area contributed by atoms with E-state index in [1.807, 2.05) is 12.1 Å². The highest BCUT2D eigenvalue weighted by Crippen LogP contribution is 2.20. The molecule has 1 atom stereocenters. The molecule has 5 heteroatoms. The van der Waals surface area contributed by atoms with Gasteiger partial charge in [-0.1, -0.05) is 12.1 Å². The lowest BCUT2D eigenvalue weighted by molar-refractivity contribution is -0.0498. The van der Waals surface area contributed by atoms with Gasteiger partial charge in [0.1, 0.15) is 5.75 Å². The Balaban J connectivity index is 1.78. The number of nitrogens with one attached hydrogen (secondary N) is 1. The first kappa shape index (κ1) is 16.2. The molecule has 1 fully saturated rings. The zero-order valence-corrected chi connectivity index (χ0v) is 12.7. The molecule has 2 rings (SSSR count). The van der Waals surface area contributed by atoms with Gasteiger partial charge in [-0.2, -0.15) is 8.78 Å². The summed E-state index contributed by atoms with van der Waals surface area (Å²) in [7, 11) is 2.16. The molecule has 0 aromatic heterocycles. The molecule has 21 heavy (non-hydrogen) atoms. The Morgan fingerprint density at radius 2 is 1.86 bits per heavy atom. The molecule has 1 aliphatic rings. The summed E-state index contributed by atoms with van der Waals surface area (Å²) >= 11 is 0. The van der Waals surface area contributed by atoms with E-state index in [0.29, 0.717) is 0 Å². The van der Waals surface area contributed by atoms with Gasteiger partial charge in [0.25, 0.3) is 0 Å². The second kappa shape index (κ2) is 7.71. The summed E-state index contributed by atoms with van der Waals surface area (Å²) in [4.78, 5) is 2.36. The highest BCUT2D eigenvalue weighted by Gasteiger charge is 2.17. The van der Waals surface area contributed by atoms with Crippen molar-refractivity contribution < 1.29 is 13.5 Å². The average molecular weight is 298 g/mol. The van der Waals surface area contributed by atoms with E-state index in [0.717, 1.165) is 18.0 Å². The van der Waals surface area contributed by atoms with Crippen molar-refractivity contribution in [2.45, 2.75) is 32.4 Å². The van der Waals surface area contributed by atoms with E-state index < -0.39 is 6.61 Å². The molecule has 0 spiro atoms. The van der Waals surface area contributed by atoms with Crippen molar-refractivity contribution >= 4 is 0 Å². The van der Waals surface area contributed by atoms with E-state index in [9.17, 15) is 8.78 Å². The van der Waals surface area contributed by atoms with Crippen molar-refractivity contribution in [3.8, 4) is 5.75 Å². The molecular formula is C16H24F2N2O. The van der Waals surface area contributed by atoms with Gasteiger partial charge in [-0.15, -0.1) is 0 Å². The summed E-state index contributed by atoms with van der Waals surface area (Å²) in [6.07, 6.45) is 2.47. The van der Waals surface area contributed by atoms with Crippen LogP contribution in [0.15, 0.2) is 24.3 Å².